The number of hydrogen-bond donors (Lipinski definition) is 0. The van der Waals surface area contributed by atoms with E-state index in [1.54, 1.807) is 32.9 Å². The molecule has 3 aromatic rings. The molecule has 5 rings (SSSR count). The van der Waals surface area contributed by atoms with Gasteiger partial charge in [-0.2, -0.15) is 13.2 Å². The topological polar surface area (TPSA) is 96.5 Å². The maximum atomic E-state index is 14.2. The fourth-order valence-corrected chi connectivity index (χ4v) is 6.10. The SMILES string of the molecule is CN(Cc1cccc(C(F)(F)F)c1)C(=O)[C@@H](CC(=O)OC(C)(C)C)N1C(=O)C(N2C(=O)OC[C@@H]2c2ccccc2)C1/C=C/c1ccccc1. The highest BCUT2D eigenvalue weighted by molar-refractivity contribution is 5.99. The van der Waals surface area contributed by atoms with E-state index in [2.05, 4.69) is 0 Å². The molecule has 9 nitrogen and oxygen atoms in total. The van der Waals surface area contributed by atoms with Gasteiger partial charge in [-0.05, 0) is 49.6 Å². The summed E-state index contributed by atoms with van der Waals surface area (Å²) in [7, 11) is 1.39. The summed E-state index contributed by atoms with van der Waals surface area (Å²) in [5.41, 5.74) is -0.00670. The van der Waals surface area contributed by atoms with Crippen molar-refractivity contribution in [3.8, 4) is 0 Å². The molecule has 0 aliphatic carbocycles. The van der Waals surface area contributed by atoms with Gasteiger partial charge in [0.15, 0.2) is 0 Å². The van der Waals surface area contributed by atoms with Crippen LogP contribution in [0.4, 0.5) is 18.0 Å². The number of rotatable bonds is 10. The number of hydrogen-bond acceptors (Lipinski definition) is 6. The van der Waals surface area contributed by atoms with Crippen LogP contribution in [0.2, 0.25) is 0 Å². The Kier molecular flexibility index (Phi) is 10.2. The predicted molar refractivity (Wildman–Crippen MR) is 174 cm³/mol. The van der Waals surface area contributed by atoms with Gasteiger partial charge < -0.3 is 19.3 Å². The van der Waals surface area contributed by atoms with Crippen LogP contribution in [0.3, 0.4) is 0 Å². The first-order valence-corrected chi connectivity index (χ1v) is 15.8. The molecule has 2 unspecified atom stereocenters. The van der Waals surface area contributed by atoms with Crippen LogP contribution in [0.15, 0.2) is 91.0 Å². The molecule has 0 bridgehead atoms. The number of β-lactam (4-membered cyclic amide) rings is 1. The Morgan fingerprint density at radius 1 is 0.980 bits per heavy atom. The second-order valence-corrected chi connectivity index (χ2v) is 13.1. The van der Waals surface area contributed by atoms with Crippen molar-refractivity contribution in [3.63, 3.8) is 0 Å². The van der Waals surface area contributed by atoms with Crippen LogP contribution in [0, 0.1) is 0 Å². The minimum atomic E-state index is -4.58. The second kappa shape index (κ2) is 14.2. The van der Waals surface area contributed by atoms with E-state index >= 15 is 0 Å². The van der Waals surface area contributed by atoms with Gasteiger partial charge in [-0.1, -0.05) is 84.9 Å². The van der Waals surface area contributed by atoms with Crippen molar-refractivity contribution in [2.45, 2.75) is 69.7 Å². The molecule has 0 spiro atoms. The Morgan fingerprint density at radius 2 is 1.63 bits per heavy atom. The molecule has 12 heteroatoms. The summed E-state index contributed by atoms with van der Waals surface area (Å²) in [6.07, 6.45) is -2.33. The average molecular weight is 678 g/mol. The molecule has 4 atom stereocenters. The summed E-state index contributed by atoms with van der Waals surface area (Å²) in [5.74, 6) is -2.02. The molecule has 258 valence electrons. The second-order valence-electron chi connectivity index (χ2n) is 13.1. The standard InChI is InChI=1S/C37H38F3N3O6/c1-36(2,3)49-31(44)21-29(33(45)41(4)22-25-14-11-17-27(20-25)37(38,39)40)42-28(19-18-24-12-7-5-8-13-24)32(34(42)46)43-30(23-48-35(43)47)26-15-9-6-10-16-26/h5-20,28-30,32H,21-23H2,1-4H3/b19-18+/t28?,29-,30-,32?/m1/s1. The van der Waals surface area contributed by atoms with Crippen molar-refractivity contribution >= 4 is 30.0 Å². The highest BCUT2D eigenvalue weighted by Crippen LogP contribution is 2.39. The maximum Gasteiger partial charge on any atom is 0.416 e. The lowest BCUT2D eigenvalue weighted by atomic mass is 9.87. The first kappa shape index (κ1) is 35.2. The number of alkyl halides is 3. The van der Waals surface area contributed by atoms with Gasteiger partial charge in [0.1, 0.15) is 24.3 Å². The number of cyclic esters (lactones) is 1. The van der Waals surface area contributed by atoms with E-state index in [0.29, 0.717) is 0 Å². The number of likely N-dealkylation sites (tertiary alicyclic amines) is 1. The van der Waals surface area contributed by atoms with Gasteiger partial charge in [0.2, 0.25) is 11.8 Å². The van der Waals surface area contributed by atoms with E-state index in [4.69, 9.17) is 9.47 Å². The van der Waals surface area contributed by atoms with Gasteiger partial charge in [-0.25, -0.2) is 4.79 Å². The fourth-order valence-electron chi connectivity index (χ4n) is 6.10. The van der Waals surface area contributed by atoms with Gasteiger partial charge >= 0.3 is 18.2 Å². The number of ether oxygens (including phenoxy) is 2. The van der Waals surface area contributed by atoms with Gasteiger partial charge in [-0.3, -0.25) is 19.3 Å². The van der Waals surface area contributed by atoms with E-state index in [1.807, 2.05) is 60.7 Å². The van der Waals surface area contributed by atoms with Crippen molar-refractivity contribution in [2.24, 2.45) is 0 Å². The minimum absolute atomic E-state index is 0.0156. The lowest BCUT2D eigenvalue weighted by molar-refractivity contribution is -0.170. The van der Waals surface area contributed by atoms with Crippen molar-refractivity contribution < 1.29 is 41.8 Å². The van der Waals surface area contributed by atoms with Crippen molar-refractivity contribution in [1.29, 1.82) is 0 Å². The van der Waals surface area contributed by atoms with Crippen molar-refractivity contribution in [1.82, 2.24) is 14.7 Å². The molecule has 2 fully saturated rings. The van der Waals surface area contributed by atoms with Gasteiger partial charge in [0.05, 0.1) is 24.1 Å². The third-order valence-corrected chi connectivity index (χ3v) is 8.28. The lowest BCUT2D eigenvalue weighted by Crippen LogP contribution is -2.74. The number of carbonyl (C=O) groups excluding carboxylic acids is 4. The van der Waals surface area contributed by atoms with E-state index in [1.165, 1.54) is 33.9 Å². The molecule has 2 saturated heterocycles. The van der Waals surface area contributed by atoms with Crippen LogP contribution in [-0.4, -0.2) is 76.0 Å². The highest BCUT2D eigenvalue weighted by atomic mass is 19.4. The number of benzene rings is 3. The summed E-state index contributed by atoms with van der Waals surface area (Å²) in [6.45, 7) is 4.79. The summed E-state index contributed by atoms with van der Waals surface area (Å²) in [4.78, 5) is 58.6. The molecule has 0 aromatic heterocycles. The van der Waals surface area contributed by atoms with E-state index in [0.717, 1.165) is 23.3 Å². The Morgan fingerprint density at radius 3 is 2.27 bits per heavy atom. The molecule has 2 aliphatic heterocycles. The normalized spacial score (nSPS) is 20.2. The number of esters is 1. The van der Waals surface area contributed by atoms with Gasteiger partial charge in [-0.15, -0.1) is 0 Å². The predicted octanol–water partition coefficient (Wildman–Crippen LogP) is 6.25. The largest absolute Gasteiger partial charge is 0.460 e. The van der Waals surface area contributed by atoms with Gasteiger partial charge in [0.25, 0.3) is 0 Å². The van der Waals surface area contributed by atoms with Crippen LogP contribution in [0.25, 0.3) is 6.08 Å². The van der Waals surface area contributed by atoms with Crippen LogP contribution in [-0.2, 0) is 36.6 Å². The lowest BCUT2D eigenvalue weighted by Gasteiger charge is -2.52. The Hall–Kier alpha value is -5.13. The fraction of sp³-hybridized carbons (Fsp3) is 0.351. The number of carbonyl (C=O) groups is 4. The summed E-state index contributed by atoms with van der Waals surface area (Å²) < 4.78 is 51.2. The van der Waals surface area contributed by atoms with Crippen LogP contribution in [0.1, 0.15) is 55.5 Å². The van der Waals surface area contributed by atoms with E-state index < -0.39 is 71.8 Å². The molecule has 0 radical (unpaired) electrons. The molecule has 3 amide bonds. The third-order valence-electron chi connectivity index (χ3n) is 8.28. The first-order valence-electron chi connectivity index (χ1n) is 15.8. The van der Waals surface area contributed by atoms with Crippen LogP contribution in [0.5, 0.6) is 0 Å². The Balaban J connectivity index is 1.51. The van der Waals surface area contributed by atoms with Gasteiger partial charge in [0, 0.05) is 13.6 Å². The molecule has 3 aromatic carbocycles. The van der Waals surface area contributed by atoms with E-state index in [-0.39, 0.29) is 18.7 Å². The number of halogens is 3. The van der Waals surface area contributed by atoms with Crippen molar-refractivity contribution in [3.05, 3.63) is 113 Å². The summed E-state index contributed by atoms with van der Waals surface area (Å²) in [5, 5.41) is 0. The number of nitrogens with zero attached hydrogens (tertiary/aromatic N) is 3. The Bertz CT molecular complexity index is 1710. The van der Waals surface area contributed by atoms with Crippen molar-refractivity contribution in [2.75, 3.05) is 13.7 Å². The molecule has 2 heterocycles. The summed E-state index contributed by atoms with van der Waals surface area (Å²) >= 11 is 0. The minimum Gasteiger partial charge on any atom is -0.460 e. The zero-order valence-electron chi connectivity index (χ0n) is 27.6. The molecule has 0 N–H and O–H groups in total. The first-order chi connectivity index (χ1) is 23.1. The zero-order valence-corrected chi connectivity index (χ0v) is 27.6. The smallest absolute Gasteiger partial charge is 0.416 e. The van der Waals surface area contributed by atoms with E-state index in [9.17, 15) is 32.3 Å². The molecular weight excluding hydrogens is 639 g/mol. The van der Waals surface area contributed by atoms with Crippen LogP contribution >= 0.6 is 0 Å². The third kappa shape index (κ3) is 8.13. The molecule has 0 saturated carbocycles. The highest BCUT2D eigenvalue weighted by Gasteiger charge is 2.58. The van der Waals surface area contributed by atoms with Crippen LogP contribution < -0.4 is 0 Å². The monoisotopic (exact) mass is 677 g/mol. The average Bonchev–Trinajstić information content (AvgIpc) is 3.42. The Labute approximate surface area is 282 Å². The molecular formula is C37H38F3N3O6. The maximum absolute atomic E-state index is 14.2. The number of likely N-dealkylation sites (N-methyl/N-ethyl adjacent to an activating group) is 1. The zero-order chi connectivity index (χ0) is 35.5. The summed E-state index contributed by atoms with van der Waals surface area (Å²) in [6, 6.07) is 19.0. The quantitative estimate of drug-likeness (QED) is 0.186. The number of amides is 3. The molecule has 49 heavy (non-hydrogen) atoms. The molecule has 2 aliphatic rings.